The predicted molar refractivity (Wildman–Crippen MR) is 169 cm³/mol. The van der Waals surface area contributed by atoms with Crippen LogP contribution in [-0.4, -0.2) is 50.7 Å². The zero-order valence-electron chi connectivity index (χ0n) is 24.4. The number of pyridine rings is 1. The number of alkyl halides is 3. The molecule has 1 aliphatic rings. The van der Waals surface area contributed by atoms with Crippen molar-refractivity contribution in [1.82, 2.24) is 24.9 Å². The summed E-state index contributed by atoms with van der Waals surface area (Å²) < 4.78 is 68.0. The second-order valence-electron chi connectivity index (χ2n) is 11.1. The highest BCUT2D eigenvalue weighted by atomic mass is 35.5. The molecule has 1 fully saturated rings. The summed E-state index contributed by atoms with van der Waals surface area (Å²) in [4.78, 5) is 5.75. The number of halogens is 7. The molecule has 1 aliphatic heterocycles. The predicted octanol–water partition coefficient (Wildman–Crippen LogP) is 8.43. The Hall–Kier alpha value is -4.51. The van der Waals surface area contributed by atoms with E-state index in [2.05, 4.69) is 32.0 Å². The molecular formula is C32H25Cl2F5N8. The van der Waals surface area contributed by atoms with Crippen molar-refractivity contribution in [3.63, 3.8) is 0 Å². The first-order chi connectivity index (χ1) is 22.5. The van der Waals surface area contributed by atoms with Gasteiger partial charge in [-0.2, -0.15) is 18.4 Å². The van der Waals surface area contributed by atoms with E-state index in [-0.39, 0.29) is 34.7 Å². The molecule has 3 aromatic carbocycles. The van der Waals surface area contributed by atoms with Gasteiger partial charge < -0.3 is 10.6 Å². The van der Waals surface area contributed by atoms with Crippen LogP contribution >= 0.6 is 23.2 Å². The van der Waals surface area contributed by atoms with Gasteiger partial charge in [0.05, 0.1) is 51.6 Å². The topological polar surface area (TPSA) is 94.7 Å². The van der Waals surface area contributed by atoms with Crippen LogP contribution in [0.3, 0.4) is 0 Å². The molecule has 0 unspecified atom stereocenters. The van der Waals surface area contributed by atoms with Crippen molar-refractivity contribution in [2.45, 2.75) is 31.1 Å². The molecule has 242 valence electrons. The minimum atomic E-state index is -4.26. The van der Waals surface area contributed by atoms with Gasteiger partial charge in [0.25, 0.3) is 0 Å². The van der Waals surface area contributed by atoms with Gasteiger partial charge >= 0.3 is 6.18 Å². The molecule has 15 heteroatoms. The number of aromatic nitrogens is 4. The number of nitrogens with one attached hydrogen (secondary N) is 2. The first kappa shape index (κ1) is 32.4. The lowest BCUT2D eigenvalue weighted by atomic mass is 10.0. The van der Waals surface area contributed by atoms with Crippen molar-refractivity contribution in [2.24, 2.45) is 0 Å². The zero-order chi connectivity index (χ0) is 33.3. The van der Waals surface area contributed by atoms with E-state index < -0.39 is 30.4 Å². The minimum Gasteiger partial charge on any atom is -0.373 e. The van der Waals surface area contributed by atoms with Crippen molar-refractivity contribution >= 4 is 51.2 Å². The summed E-state index contributed by atoms with van der Waals surface area (Å²) in [6.07, 6.45) is -0.213. The van der Waals surface area contributed by atoms with E-state index in [1.54, 1.807) is 35.1 Å². The fourth-order valence-electron chi connectivity index (χ4n) is 5.63. The van der Waals surface area contributed by atoms with E-state index in [0.29, 0.717) is 52.1 Å². The third-order valence-corrected chi connectivity index (χ3v) is 8.48. The lowest BCUT2D eigenvalue weighted by Gasteiger charge is -2.32. The van der Waals surface area contributed by atoms with Gasteiger partial charge in [-0.1, -0.05) is 40.5 Å². The first-order valence-electron chi connectivity index (χ1n) is 14.4. The van der Waals surface area contributed by atoms with Gasteiger partial charge in [0.2, 0.25) is 0 Å². The maximum absolute atomic E-state index is 13.9. The summed E-state index contributed by atoms with van der Waals surface area (Å²) in [6, 6.07) is 14.6. The number of nitriles is 1. The third kappa shape index (κ3) is 7.40. The van der Waals surface area contributed by atoms with Crippen LogP contribution in [0.1, 0.15) is 41.7 Å². The summed E-state index contributed by atoms with van der Waals surface area (Å²) in [5, 5.41) is 25.7. The summed E-state index contributed by atoms with van der Waals surface area (Å²) in [6.45, 7) is -0.408. The largest absolute Gasteiger partial charge is 0.401 e. The monoisotopic (exact) mass is 686 g/mol. The van der Waals surface area contributed by atoms with Crippen LogP contribution in [0.25, 0.3) is 10.9 Å². The smallest absolute Gasteiger partial charge is 0.373 e. The average Bonchev–Trinajstić information content (AvgIpc) is 3.52. The number of anilines is 3. The van der Waals surface area contributed by atoms with Crippen molar-refractivity contribution in [1.29, 1.82) is 5.26 Å². The van der Waals surface area contributed by atoms with E-state index in [0.717, 1.165) is 0 Å². The number of likely N-dealkylation sites (tertiary alicyclic amines) is 1. The molecule has 0 aliphatic carbocycles. The van der Waals surface area contributed by atoms with Gasteiger partial charge in [0.15, 0.2) is 0 Å². The Morgan fingerprint density at radius 3 is 2.38 bits per heavy atom. The summed E-state index contributed by atoms with van der Waals surface area (Å²) in [5.74, 6) is -1.02. The molecule has 0 radical (unpaired) electrons. The Morgan fingerprint density at radius 1 is 0.979 bits per heavy atom. The van der Waals surface area contributed by atoms with Gasteiger partial charge in [-0.3, -0.25) is 9.88 Å². The Labute approximate surface area is 275 Å². The lowest BCUT2D eigenvalue weighted by molar-refractivity contribution is -0.148. The first-order valence-corrected chi connectivity index (χ1v) is 15.2. The number of rotatable bonds is 8. The number of fused-ring (bicyclic) bond motifs is 1. The number of hydrogen-bond acceptors (Lipinski definition) is 7. The van der Waals surface area contributed by atoms with E-state index >= 15 is 0 Å². The van der Waals surface area contributed by atoms with E-state index in [4.69, 9.17) is 23.2 Å². The molecule has 0 saturated carbocycles. The van der Waals surface area contributed by atoms with Crippen LogP contribution in [-0.2, 0) is 0 Å². The van der Waals surface area contributed by atoms with Crippen LogP contribution in [0.5, 0.6) is 0 Å². The van der Waals surface area contributed by atoms with Crippen molar-refractivity contribution in [3.05, 3.63) is 105 Å². The molecule has 1 atom stereocenters. The van der Waals surface area contributed by atoms with Crippen molar-refractivity contribution < 1.29 is 22.0 Å². The summed E-state index contributed by atoms with van der Waals surface area (Å²) >= 11 is 12.7. The molecule has 8 nitrogen and oxygen atoms in total. The summed E-state index contributed by atoms with van der Waals surface area (Å²) in [5.41, 5.74) is 3.03. The Morgan fingerprint density at radius 2 is 1.70 bits per heavy atom. The maximum Gasteiger partial charge on any atom is 0.401 e. The number of benzene rings is 3. The van der Waals surface area contributed by atoms with Gasteiger partial charge in [-0.25, -0.2) is 13.5 Å². The number of nitrogens with zero attached hydrogens (tertiary/aromatic N) is 6. The highest BCUT2D eigenvalue weighted by molar-refractivity contribution is 6.36. The second-order valence-corrected chi connectivity index (χ2v) is 12.0. The number of piperidine rings is 1. The normalized spacial score (nSPS) is 15.0. The van der Waals surface area contributed by atoms with Crippen molar-refractivity contribution in [3.8, 4) is 6.07 Å². The molecule has 47 heavy (non-hydrogen) atoms. The molecule has 0 spiro atoms. The molecule has 1 saturated heterocycles. The van der Waals surface area contributed by atoms with E-state index in [1.165, 1.54) is 41.4 Å². The Kier molecular flexibility index (Phi) is 9.18. The minimum absolute atomic E-state index is 0.102. The molecule has 0 bridgehead atoms. The van der Waals surface area contributed by atoms with Crippen LogP contribution in [0.15, 0.2) is 67.0 Å². The lowest BCUT2D eigenvalue weighted by Crippen LogP contribution is -2.40. The van der Waals surface area contributed by atoms with Crippen LogP contribution in [0, 0.1) is 23.0 Å². The Balaban J connectivity index is 1.33. The SMILES string of the molecule is N#Cc1cnc2c(Cl)cc(N[C@@H](c3ccc(F)cc3)c3cn(C4CCN(CC(F)(F)F)CC4)nn3)cc2c1Nc1ccc(F)c(Cl)c1. The van der Waals surface area contributed by atoms with E-state index in [1.807, 2.05) is 0 Å². The maximum atomic E-state index is 13.9. The quantitative estimate of drug-likeness (QED) is 0.158. The molecule has 0 amide bonds. The standard InChI is InChI=1S/C32H25Cl2F5N8/c33-25-12-21(5-6-27(25)36)42-29-19(14-40)15-41-31-24(29)11-22(13-26(31)34)43-30(18-1-3-20(35)4-2-18)28-16-47(45-44-28)23-7-9-46(10-8-23)17-32(37,38)39/h1-6,11-13,15-16,23,30,43H,7-10,17H2,(H,41,42)/t30-/m0/s1. The zero-order valence-corrected chi connectivity index (χ0v) is 25.9. The third-order valence-electron chi connectivity index (χ3n) is 7.91. The molecule has 2 aromatic heterocycles. The average molecular weight is 688 g/mol. The van der Waals surface area contributed by atoms with Crippen LogP contribution in [0.4, 0.5) is 39.0 Å². The number of hydrogen-bond donors (Lipinski definition) is 2. The van der Waals surface area contributed by atoms with Gasteiger partial charge in [-0.15, -0.1) is 5.10 Å². The fourth-order valence-corrected chi connectivity index (χ4v) is 6.08. The second kappa shape index (κ2) is 13.3. The summed E-state index contributed by atoms with van der Waals surface area (Å²) in [7, 11) is 0. The van der Waals surface area contributed by atoms with Crippen LogP contribution < -0.4 is 10.6 Å². The molecule has 5 aromatic rings. The van der Waals surface area contributed by atoms with Crippen molar-refractivity contribution in [2.75, 3.05) is 30.3 Å². The fraction of sp³-hybridized carbons (Fsp3) is 0.250. The van der Waals surface area contributed by atoms with Gasteiger partial charge in [-0.05, 0) is 60.9 Å². The highest BCUT2D eigenvalue weighted by Gasteiger charge is 2.33. The highest BCUT2D eigenvalue weighted by Crippen LogP contribution is 2.37. The van der Waals surface area contributed by atoms with Gasteiger partial charge in [0, 0.05) is 36.0 Å². The molecule has 3 heterocycles. The van der Waals surface area contributed by atoms with Gasteiger partial charge in [0.1, 0.15) is 23.4 Å². The molecular weight excluding hydrogens is 662 g/mol. The Bertz CT molecular complexity index is 1950. The van der Waals surface area contributed by atoms with Crippen LogP contribution in [0.2, 0.25) is 10.0 Å². The van der Waals surface area contributed by atoms with E-state index in [9.17, 15) is 27.2 Å². The molecule has 2 N–H and O–H groups in total. The molecule has 6 rings (SSSR count).